The van der Waals surface area contributed by atoms with Gasteiger partial charge >= 0.3 is 0 Å². The number of hydrogen-bond acceptors (Lipinski definition) is 2. The summed E-state index contributed by atoms with van der Waals surface area (Å²) in [6, 6.07) is 11.4. The summed E-state index contributed by atoms with van der Waals surface area (Å²) in [6.45, 7) is 0.150. The third-order valence-corrected chi connectivity index (χ3v) is 3.36. The molecular formula is C17H18F2N2O. The van der Waals surface area contributed by atoms with Crippen LogP contribution in [0.1, 0.15) is 11.1 Å². The van der Waals surface area contributed by atoms with E-state index >= 15 is 0 Å². The summed E-state index contributed by atoms with van der Waals surface area (Å²) >= 11 is 0. The van der Waals surface area contributed by atoms with E-state index in [-0.39, 0.29) is 24.4 Å². The average Bonchev–Trinajstić information content (AvgIpc) is 2.50. The van der Waals surface area contributed by atoms with Gasteiger partial charge in [-0.05, 0) is 17.7 Å². The lowest BCUT2D eigenvalue weighted by Gasteiger charge is -2.15. The SMILES string of the molecule is CN(C)C(=O)Cc1ccccc1NCc1cccc(F)c1F. The van der Waals surface area contributed by atoms with Gasteiger partial charge in [-0.2, -0.15) is 0 Å². The molecule has 5 heteroatoms. The highest BCUT2D eigenvalue weighted by atomic mass is 19.2. The van der Waals surface area contributed by atoms with Crippen molar-refractivity contribution in [3.8, 4) is 0 Å². The quantitative estimate of drug-likeness (QED) is 0.920. The molecule has 0 saturated heterocycles. The molecule has 0 aliphatic rings. The third kappa shape index (κ3) is 3.81. The number of rotatable bonds is 5. The number of anilines is 1. The van der Waals surface area contributed by atoms with Crippen molar-refractivity contribution in [1.29, 1.82) is 0 Å². The van der Waals surface area contributed by atoms with Crippen LogP contribution in [0.3, 0.4) is 0 Å². The largest absolute Gasteiger partial charge is 0.381 e. The van der Waals surface area contributed by atoms with Crippen LogP contribution < -0.4 is 5.32 Å². The maximum Gasteiger partial charge on any atom is 0.226 e. The molecule has 0 radical (unpaired) electrons. The normalized spacial score (nSPS) is 10.4. The van der Waals surface area contributed by atoms with E-state index in [1.54, 1.807) is 14.1 Å². The van der Waals surface area contributed by atoms with E-state index in [1.807, 2.05) is 24.3 Å². The van der Waals surface area contributed by atoms with E-state index in [1.165, 1.54) is 17.0 Å². The Morgan fingerprint density at radius 3 is 2.45 bits per heavy atom. The van der Waals surface area contributed by atoms with Crippen LogP contribution in [-0.2, 0) is 17.8 Å². The van der Waals surface area contributed by atoms with E-state index in [9.17, 15) is 13.6 Å². The van der Waals surface area contributed by atoms with Crippen molar-refractivity contribution < 1.29 is 13.6 Å². The second-order valence-corrected chi connectivity index (χ2v) is 5.19. The number of amides is 1. The Morgan fingerprint density at radius 2 is 1.73 bits per heavy atom. The average molecular weight is 304 g/mol. The fraction of sp³-hybridized carbons (Fsp3) is 0.235. The molecule has 0 aliphatic heterocycles. The van der Waals surface area contributed by atoms with Crippen molar-refractivity contribution in [3.63, 3.8) is 0 Å². The summed E-state index contributed by atoms with van der Waals surface area (Å²) in [5, 5.41) is 3.06. The molecular weight excluding hydrogens is 286 g/mol. The number of nitrogens with one attached hydrogen (secondary N) is 1. The minimum absolute atomic E-state index is 0.0220. The number of para-hydroxylation sites is 1. The van der Waals surface area contributed by atoms with E-state index in [2.05, 4.69) is 5.32 Å². The van der Waals surface area contributed by atoms with E-state index in [0.717, 1.165) is 17.3 Å². The van der Waals surface area contributed by atoms with Crippen LogP contribution in [-0.4, -0.2) is 24.9 Å². The number of nitrogens with zero attached hydrogens (tertiary/aromatic N) is 1. The van der Waals surface area contributed by atoms with Crippen molar-refractivity contribution in [1.82, 2.24) is 4.90 Å². The van der Waals surface area contributed by atoms with Crippen molar-refractivity contribution in [2.24, 2.45) is 0 Å². The molecule has 22 heavy (non-hydrogen) atoms. The smallest absolute Gasteiger partial charge is 0.226 e. The van der Waals surface area contributed by atoms with Gasteiger partial charge in [-0.25, -0.2) is 8.78 Å². The molecule has 2 aromatic rings. The van der Waals surface area contributed by atoms with Crippen LogP contribution >= 0.6 is 0 Å². The Labute approximate surface area is 128 Å². The van der Waals surface area contributed by atoms with Crippen molar-refractivity contribution in [2.45, 2.75) is 13.0 Å². The number of hydrogen-bond donors (Lipinski definition) is 1. The molecule has 2 rings (SSSR count). The summed E-state index contributed by atoms with van der Waals surface area (Å²) in [4.78, 5) is 13.3. The Morgan fingerprint density at radius 1 is 1.05 bits per heavy atom. The number of halogens is 2. The van der Waals surface area contributed by atoms with E-state index in [4.69, 9.17) is 0 Å². The Hall–Kier alpha value is -2.43. The van der Waals surface area contributed by atoms with Crippen LogP contribution in [0.5, 0.6) is 0 Å². The van der Waals surface area contributed by atoms with Gasteiger partial charge in [0.2, 0.25) is 5.91 Å². The molecule has 0 spiro atoms. The molecule has 116 valence electrons. The van der Waals surface area contributed by atoms with Crippen molar-refractivity contribution >= 4 is 11.6 Å². The van der Waals surface area contributed by atoms with Crippen LogP contribution in [0.15, 0.2) is 42.5 Å². The standard InChI is InChI=1S/C17H18F2N2O/c1-21(2)16(22)10-12-6-3-4-9-15(12)20-11-13-7-5-8-14(18)17(13)19/h3-9,20H,10-11H2,1-2H3. The first kappa shape index (κ1) is 15.9. The van der Waals surface area contributed by atoms with E-state index in [0.29, 0.717) is 0 Å². The summed E-state index contributed by atoms with van der Waals surface area (Å²) in [7, 11) is 3.39. The van der Waals surface area contributed by atoms with Gasteiger partial charge in [-0.3, -0.25) is 4.79 Å². The topological polar surface area (TPSA) is 32.3 Å². The zero-order chi connectivity index (χ0) is 16.1. The van der Waals surface area contributed by atoms with Gasteiger partial charge in [0.15, 0.2) is 11.6 Å². The summed E-state index contributed by atoms with van der Waals surface area (Å²) in [6.07, 6.45) is 0.252. The molecule has 0 bridgehead atoms. The third-order valence-electron chi connectivity index (χ3n) is 3.36. The lowest BCUT2D eigenvalue weighted by Crippen LogP contribution is -2.23. The first-order valence-electron chi connectivity index (χ1n) is 6.94. The zero-order valence-corrected chi connectivity index (χ0v) is 12.6. The van der Waals surface area contributed by atoms with Gasteiger partial charge in [-0.15, -0.1) is 0 Å². The first-order chi connectivity index (χ1) is 10.5. The Balaban J connectivity index is 2.13. The predicted octanol–water partition coefficient (Wildman–Crippen LogP) is 3.21. The molecule has 2 aromatic carbocycles. The molecule has 1 N–H and O–H groups in total. The van der Waals surface area contributed by atoms with Gasteiger partial charge in [0.05, 0.1) is 6.42 Å². The summed E-state index contributed by atoms with van der Waals surface area (Å²) in [5.74, 6) is -1.74. The van der Waals surface area contributed by atoms with Crippen LogP contribution in [0.25, 0.3) is 0 Å². The van der Waals surface area contributed by atoms with Gasteiger partial charge < -0.3 is 10.2 Å². The second kappa shape index (κ2) is 7.02. The lowest BCUT2D eigenvalue weighted by atomic mass is 10.1. The zero-order valence-electron chi connectivity index (χ0n) is 12.6. The monoisotopic (exact) mass is 304 g/mol. The highest BCUT2D eigenvalue weighted by molar-refractivity contribution is 5.80. The highest BCUT2D eigenvalue weighted by Crippen LogP contribution is 2.19. The van der Waals surface area contributed by atoms with Crippen LogP contribution in [0, 0.1) is 11.6 Å². The molecule has 0 unspecified atom stereocenters. The number of likely N-dealkylation sites (N-methyl/N-ethyl adjacent to an activating group) is 1. The Kier molecular flexibility index (Phi) is 5.09. The van der Waals surface area contributed by atoms with Gasteiger partial charge in [0, 0.05) is 31.9 Å². The molecule has 3 nitrogen and oxygen atoms in total. The molecule has 0 saturated carbocycles. The van der Waals surface area contributed by atoms with Crippen molar-refractivity contribution in [2.75, 3.05) is 19.4 Å². The van der Waals surface area contributed by atoms with E-state index < -0.39 is 11.6 Å². The lowest BCUT2D eigenvalue weighted by molar-refractivity contribution is -0.127. The fourth-order valence-corrected chi connectivity index (χ4v) is 2.04. The molecule has 0 heterocycles. The highest BCUT2D eigenvalue weighted by Gasteiger charge is 2.11. The molecule has 0 aromatic heterocycles. The summed E-state index contributed by atoms with van der Waals surface area (Å²) in [5.41, 5.74) is 1.80. The predicted molar refractivity (Wildman–Crippen MR) is 82.5 cm³/mol. The minimum atomic E-state index is -0.865. The molecule has 0 aliphatic carbocycles. The van der Waals surface area contributed by atoms with Crippen molar-refractivity contribution in [3.05, 3.63) is 65.2 Å². The van der Waals surface area contributed by atoms with Crippen LogP contribution in [0.2, 0.25) is 0 Å². The molecule has 0 atom stereocenters. The van der Waals surface area contributed by atoms with Crippen LogP contribution in [0.4, 0.5) is 14.5 Å². The Bertz CT molecular complexity index is 671. The first-order valence-corrected chi connectivity index (χ1v) is 6.94. The molecule has 1 amide bonds. The number of carbonyl (C=O) groups is 1. The maximum atomic E-state index is 13.6. The maximum absolute atomic E-state index is 13.6. The van der Waals surface area contributed by atoms with Gasteiger partial charge in [0.25, 0.3) is 0 Å². The minimum Gasteiger partial charge on any atom is -0.381 e. The fourth-order valence-electron chi connectivity index (χ4n) is 2.04. The number of carbonyl (C=O) groups excluding carboxylic acids is 1. The van der Waals surface area contributed by atoms with Gasteiger partial charge in [-0.1, -0.05) is 30.3 Å². The second-order valence-electron chi connectivity index (χ2n) is 5.19. The summed E-state index contributed by atoms with van der Waals surface area (Å²) < 4.78 is 26.8. The van der Waals surface area contributed by atoms with Gasteiger partial charge in [0.1, 0.15) is 0 Å². The number of benzene rings is 2. The molecule has 0 fully saturated rings.